The van der Waals surface area contributed by atoms with E-state index in [-0.39, 0.29) is 12.4 Å². The van der Waals surface area contributed by atoms with Crippen molar-refractivity contribution in [3.05, 3.63) is 34.9 Å². The highest BCUT2D eigenvalue weighted by atomic mass is 35.5. The summed E-state index contributed by atoms with van der Waals surface area (Å²) in [7, 11) is 2.08. The Kier molecular flexibility index (Phi) is 8.26. The van der Waals surface area contributed by atoms with E-state index in [1.54, 1.807) is 0 Å². The van der Waals surface area contributed by atoms with E-state index < -0.39 is 0 Å². The number of alkyl halides is 1. The van der Waals surface area contributed by atoms with Crippen molar-refractivity contribution in [1.29, 1.82) is 0 Å². The fraction of sp³-hybridized carbons (Fsp3) is 0.455. The van der Waals surface area contributed by atoms with Crippen LogP contribution >= 0.6 is 35.6 Å². The molecular weight excluding hydrogens is 252 g/mol. The van der Waals surface area contributed by atoms with Crippen molar-refractivity contribution in [3.63, 3.8) is 0 Å². The number of hydrogen-bond donors (Lipinski definition) is 0. The Labute approximate surface area is 108 Å². The summed E-state index contributed by atoms with van der Waals surface area (Å²) < 4.78 is 0. The van der Waals surface area contributed by atoms with Gasteiger partial charge in [0.15, 0.2) is 0 Å². The van der Waals surface area contributed by atoms with Gasteiger partial charge in [0, 0.05) is 24.0 Å². The van der Waals surface area contributed by atoms with Gasteiger partial charge in [-0.1, -0.05) is 23.7 Å². The standard InChI is InChI=1S/C11H15Cl2N.ClH/c1-14(9-7-12)8-6-10-2-4-11(13)5-3-10;/h2-5H,6-9H2,1H3;1H. The van der Waals surface area contributed by atoms with Crippen molar-refractivity contribution < 1.29 is 0 Å². The van der Waals surface area contributed by atoms with Gasteiger partial charge in [-0.15, -0.1) is 24.0 Å². The lowest BCUT2D eigenvalue weighted by Crippen LogP contribution is -2.23. The predicted molar refractivity (Wildman–Crippen MR) is 70.6 cm³/mol. The molecule has 0 saturated heterocycles. The normalized spacial score (nSPS) is 10.1. The summed E-state index contributed by atoms with van der Waals surface area (Å²) >= 11 is 11.4. The Morgan fingerprint density at radius 2 is 1.73 bits per heavy atom. The lowest BCUT2D eigenvalue weighted by atomic mass is 10.1. The van der Waals surface area contributed by atoms with Crippen LogP contribution in [-0.2, 0) is 6.42 Å². The zero-order valence-corrected chi connectivity index (χ0v) is 11.1. The quantitative estimate of drug-likeness (QED) is 0.739. The molecule has 1 aromatic rings. The third kappa shape index (κ3) is 6.26. The van der Waals surface area contributed by atoms with Gasteiger partial charge < -0.3 is 4.90 Å². The molecular formula is C11H16Cl3N. The van der Waals surface area contributed by atoms with Gasteiger partial charge in [0.1, 0.15) is 0 Å². The largest absolute Gasteiger partial charge is 0.305 e. The van der Waals surface area contributed by atoms with Crippen LogP contribution in [0.5, 0.6) is 0 Å². The van der Waals surface area contributed by atoms with Gasteiger partial charge in [0.05, 0.1) is 0 Å². The molecule has 1 aromatic carbocycles. The van der Waals surface area contributed by atoms with E-state index in [2.05, 4.69) is 24.1 Å². The Bertz CT molecular complexity index is 261. The van der Waals surface area contributed by atoms with E-state index in [0.717, 1.165) is 24.5 Å². The van der Waals surface area contributed by atoms with E-state index in [1.807, 2.05) is 12.1 Å². The molecule has 0 unspecified atom stereocenters. The molecule has 4 heteroatoms. The second kappa shape index (κ2) is 8.23. The summed E-state index contributed by atoms with van der Waals surface area (Å²) in [5.74, 6) is 0.692. The number of halogens is 3. The third-order valence-electron chi connectivity index (χ3n) is 2.16. The average Bonchev–Trinajstić information content (AvgIpc) is 2.17. The minimum Gasteiger partial charge on any atom is -0.305 e. The number of nitrogens with zero attached hydrogens (tertiary/aromatic N) is 1. The minimum atomic E-state index is 0. The van der Waals surface area contributed by atoms with Crippen molar-refractivity contribution in [2.45, 2.75) is 6.42 Å². The maximum atomic E-state index is 5.80. The van der Waals surface area contributed by atoms with Gasteiger partial charge in [-0.05, 0) is 31.2 Å². The highest BCUT2D eigenvalue weighted by Gasteiger charge is 1.98. The molecule has 0 spiro atoms. The molecule has 0 saturated carbocycles. The molecule has 1 nitrogen and oxygen atoms in total. The molecule has 1 rings (SSSR count). The number of hydrogen-bond acceptors (Lipinski definition) is 1. The zero-order chi connectivity index (χ0) is 10.4. The SMILES string of the molecule is CN(CCCl)CCc1ccc(Cl)cc1.Cl. The molecule has 0 aliphatic rings. The van der Waals surface area contributed by atoms with Crippen LogP contribution in [0.1, 0.15) is 5.56 Å². The molecule has 0 N–H and O–H groups in total. The van der Waals surface area contributed by atoms with Crippen LogP contribution in [0.4, 0.5) is 0 Å². The molecule has 0 fully saturated rings. The van der Waals surface area contributed by atoms with Crippen LogP contribution in [0.3, 0.4) is 0 Å². The van der Waals surface area contributed by atoms with Crippen molar-refractivity contribution in [2.75, 3.05) is 26.0 Å². The summed E-state index contributed by atoms with van der Waals surface area (Å²) in [6.07, 6.45) is 1.05. The maximum absolute atomic E-state index is 5.80. The fourth-order valence-corrected chi connectivity index (χ4v) is 1.64. The summed E-state index contributed by atoms with van der Waals surface area (Å²) in [6.45, 7) is 1.98. The Morgan fingerprint density at radius 1 is 1.13 bits per heavy atom. The first-order valence-electron chi connectivity index (χ1n) is 4.71. The van der Waals surface area contributed by atoms with E-state index in [9.17, 15) is 0 Å². The van der Waals surface area contributed by atoms with Crippen molar-refractivity contribution in [1.82, 2.24) is 4.90 Å². The molecule has 0 aromatic heterocycles. The second-order valence-corrected chi connectivity index (χ2v) is 4.18. The number of likely N-dealkylation sites (N-methyl/N-ethyl adjacent to an activating group) is 1. The van der Waals surface area contributed by atoms with Crippen LogP contribution in [0.25, 0.3) is 0 Å². The first-order valence-corrected chi connectivity index (χ1v) is 5.62. The topological polar surface area (TPSA) is 3.24 Å². The monoisotopic (exact) mass is 267 g/mol. The summed E-state index contributed by atoms with van der Waals surface area (Å²) in [5.41, 5.74) is 1.32. The lowest BCUT2D eigenvalue weighted by molar-refractivity contribution is 0.359. The molecule has 0 heterocycles. The fourth-order valence-electron chi connectivity index (χ4n) is 1.23. The Morgan fingerprint density at radius 3 is 2.27 bits per heavy atom. The van der Waals surface area contributed by atoms with Gasteiger partial charge in [0.25, 0.3) is 0 Å². The van der Waals surface area contributed by atoms with Crippen molar-refractivity contribution >= 4 is 35.6 Å². The highest BCUT2D eigenvalue weighted by Crippen LogP contribution is 2.10. The summed E-state index contributed by atoms with van der Waals surface area (Å²) in [4.78, 5) is 2.22. The molecule has 0 atom stereocenters. The smallest absolute Gasteiger partial charge is 0.0406 e. The highest BCUT2D eigenvalue weighted by molar-refractivity contribution is 6.30. The van der Waals surface area contributed by atoms with Gasteiger partial charge in [-0.25, -0.2) is 0 Å². The van der Waals surface area contributed by atoms with Gasteiger partial charge in [-0.3, -0.25) is 0 Å². The minimum absolute atomic E-state index is 0. The molecule has 0 amide bonds. The zero-order valence-electron chi connectivity index (χ0n) is 8.75. The van der Waals surface area contributed by atoms with Crippen LogP contribution in [0.15, 0.2) is 24.3 Å². The van der Waals surface area contributed by atoms with E-state index in [0.29, 0.717) is 5.88 Å². The van der Waals surface area contributed by atoms with Crippen molar-refractivity contribution in [2.24, 2.45) is 0 Å². The van der Waals surface area contributed by atoms with Crippen molar-refractivity contribution in [3.8, 4) is 0 Å². The second-order valence-electron chi connectivity index (χ2n) is 3.37. The average molecular weight is 269 g/mol. The van der Waals surface area contributed by atoms with Crippen LogP contribution < -0.4 is 0 Å². The first kappa shape index (κ1) is 15.0. The third-order valence-corrected chi connectivity index (χ3v) is 2.58. The van der Waals surface area contributed by atoms with Crippen LogP contribution in [0, 0.1) is 0 Å². The van der Waals surface area contributed by atoms with E-state index in [4.69, 9.17) is 23.2 Å². The van der Waals surface area contributed by atoms with E-state index in [1.165, 1.54) is 5.56 Å². The van der Waals surface area contributed by atoms with Gasteiger partial charge in [0.2, 0.25) is 0 Å². The first-order chi connectivity index (χ1) is 6.72. The molecule has 15 heavy (non-hydrogen) atoms. The van der Waals surface area contributed by atoms with Gasteiger partial charge in [-0.2, -0.15) is 0 Å². The van der Waals surface area contributed by atoms with Crippen LogP contribution in [0.2, 0.25) is 5.02 Å². The Hall–Kier alpha value is 0.0500. The molecule has 0 aliphatic heterocycles. The molecule has 0 radical (unpaired) electrons. The van der Waals surface area contributed by atoms with Crippen LogP contribution in [-0.4, -0.2) is 30.9 Å². The lowest BCUT2D eigenvalue weighted by Gasteiger charge is -2.14. The molecule has 0 aliphatic carbocycles. The maximum Gasteiger partial charge on any atom is 0.0406 e. The molecule has 0 bridgehead atoms. The predicted octanol–water partition coefficient (Wildman–Crippen LogP) is 3.47. The Balaban J connectivity index is 0.00000196. The number of benzene rings is 1. The van der Waals surface area contributed by atoms with E-state index >= 15 is 0 Å². The summed E-state index contributed by atoms with van der Waals surface area (Å²) in [5, 5.41) is 0.794. The van der Waals surface area contributed by atoms with Gasteiger partial charge >= 0.3 is 0 Å². The summed E-state index contributed by atoms with van der Waals surface area (Å²) in [6, 6.07) is 7.99. The molecule has 86 valence electrons. The number of rotatable bonds is 5.